The fourth-order valence-electron chi connectivity index (χ4n) is 1.29. The zero-order valence-electron chi connectivity index (χ0n) is 10.9. The summed E-state index contributed by atoms with van der Waals surface area (Å²) in [4.78, 5) is 23.8. The van der Waals surface area contributed by atoms with Crippen molar-refractivity contribution < 1.29 is 24.2 Å². The Morgan fingerprint density at radius 1 is 1.44 bits per heavy atom. The Hall–Kier alpha value is -1.40. The second-order valence-corrected chi connectivity index (χ2v) is 3.74. The number of rotatable bonds is 10. The molecular weight excluding hydrogens is 238 g/mol. The van der Waals surface area contributed by atoms with Crippen molar-refractivity contribution in [3.63, 3.8) is 0 Å². The number of aliphatic carboxylic acids is 1. The van der Waals surface area contributed by atoms with Crippen molar-refractivity contribution in [1.29, 1.82) is 0 Å². The third-order valence-corrected chi connectivity index (χ3v) is 2.24. The molecule has 1 unspecified atom stereocenters. The van der Waals surface area contributed by atoms with Crippen LogP contribution >= 0.6 is 0 Å². The number of carboxylic acid groups (broad SMARTS) is 1. The molecule has 0 bridgehead atoms. The molecule has 0 saturated heterocycles. The maximum absolute atomic E-state index is 11.9. The van der Waals surface area contributed by atoms with Crippen molar-refractivity contribution in [2.45, 2.75) is 19.4 Å². The van der Waals surface area contributed by atoms with E-state index in [-0.39, 0.29) is 19.0 Å². The van der Waals surface area contributed by atoms with Gasteiger partial charge in [0, 0.05) is 13.7 Å². The predicted molar refractivity (Wildman–Crippen MR) is 66.3 cm³/mol. The van der Waals surface area contributed by atoms with Gasteiger partial charge in [-0.15, -0.1) is 6.58 Å². The van der Waals surface area contributed by atoms with Gasteiger partial charge in [0.15, 0.2) is 0 Å². The maximum Gasteiger partial charge on any atom is 0.323 e. The first-order valence-electron chi connectivity index (χ1n) is 5.75. The molecule has 0 rings (SSSR count). The highest BCUT2D eigenvalue weighted by atomic mass is 16.5. The minimum absolute atomic E-state index is 0.233. The summed E-state index contributed by atoms with van der Waals surface area (Å²) < 4.78 is 10.1. The quantitative estimate of drug-likeness (QED) is 0.457. The topological polar surface area (TPSA) is 76.1 Å². The third-order valence-electron chi connectivity index (χ3n) is 2.24. The molecular formula is C12H21NO5. The standard InChI is InChI=1S/C12H21NO5/c1-4-5-7-18-10(2)12(16)13(6-8-17-3)9-11(14)15/h4,10H,1,5-9H2,2-3H3,(H,14,15). The van der Waals surface area contributed by atoms with Crippen LogP contribution in [0.25, 0.3) is 0 Å². The Morgan fingerprint density at radius 3 is 2.61 bits per heavy atom. The Kier molecular flexibility index (Phi) is 8.86. The van der Waals surface area contributed by atoms with Crippen molar-refractivity contribution in [2.24, 2.45) is 0 Å². The van der Waals surface area contributed by atoms with Gasteiger partial charge in [-0.25, -0.2) is 0 Å². The number of methoxy groups -OCH3 is 1. The van der Waals surface area contributed by atoms with E-state index in [0.29, 0.717) is 19.6 Å². The lowest BCUT2D eigenvalue weighted by Crippen LogP contribution is -2.43. The predicted octanol–water partition coefficient (Wildman–Crippen LogP) is 0.527. The molecule has 0 aromatic rings. The Bertz CT molecular complexity index is 280. The summed E-state index contributed by atoms with van der Waals surface area (Å²) in [6.45, 7) is 5.72. The van der Waals surface area contributed by atoms with Crippen molar-refractivity contribution in [2.75, 3.05) is 33.4 Å². The normalized spacial score (nSPS) is 11.9. The molecule has 0 aliphatic carbocycles. The van der Waals surface area contributed by atoms with Gasteiger partial charge in [-0.3, -0.25) is 9.59 Å². The van der Waals surface area contributed by atoms with Crippen molar-refractivity contribution in [1.82, 2.24) is 4.90 Å². The van der Waals surface area contributed by atoms with E-state index in [9.17, 15) is 9.59 Å². The number of hydrogen-bond acceptors (Lipinski definition) is 4. The molecule has 0 fully saturated rings. The second kappa shape index (κ2) is 9.61. The number of carboxylic acids is 1. The first-order valence-corrected chi connectivity index (χ1v) is 5.75. The minimum atomic E-state index is -1.06. The summed E-state index contributed by atoms with van der Waals surface area (Å²) in [6, 6.07) is 0. The highest BCUT2D eigenvalue weighted by molar-refractivity contribution is 5.84. The number of ether oxygens (including phenoxy) is 2. The van der Waals surface area contributed by atoms with Gasteiger partial charge in [0.05, 0.1) is 13.2 Å². The number of amides is 1. The number of nitrogens with zero attached hydrogens (tertiary/aromatic N) is 1. The molecule has 0 aromatic carbocycles. The Labute approximate surface area is 107 Å². The van der Waals surface area contributed by atoms with Crippen LogP contribution in [0.5, 0.6) is 0 Å². The first-order chi connectivity index (χ1) is 8.52. The van der Waals surface area contributed by atoms with E-state index in [2.05, 4.69) is 6.58 Å². The van der Waals surface area contributed by atoms with Crippen LogP contribution in [0.2, 0.25) is 0 Å². The van der Waals surface area contributed by atoms with Crippen LogP contribution in [0.1, 0.15) is 13.3 Å². The van der Waals surface area contributed by atoms with Gasteiger partial charge in [0.2, 0.25) is 0 Å². The van der Waals surface area contributed by atoms with Gasteiger partial charge < -0.3 is 19.5 Å². The van der Waals surface area contributed by atoms with Crippen LogP contribution in [0.15, 0.2) is 12.7 Å². The SMILES string of the molecule is C=CCCOC(C)C(=O)N(CCOC)CC(=O)O. The molecule has 18 heavy (non-hydrogen) atoms. The molecule has 0 saturated carbocycles. The molecule has 1 N–H and O–H groups in total. The second-order valence-electron chi connectivity index (χ2n) is 3.74. The number of hydrogen-bond donors (Lipinski definition) is 1. The average molecular weight is 259 g/mol. The molecule has 6 heteroatoms. The zero-order chi connectivity index (χ0) is 14.0. The van der Waals surface area contributed by atoms with Gasteiger partial charge in [-0.2, -0.15) is 0 Å². The molecule has 0 aliphatic heterocycles. The van der Waals surface area contributed by atoms with Crippen LogP contribution < -0.4 is 0 Å². The van der Waals surface area contributed by atoms with E-state index in [0.717, 1.165) is 0 Å². The first kappa shape index (κ1) is 16.6. The molecule has 6 nitrogen and oxygen atoms in total. The van der Waals surface area contributed by atoms with Crippen LogP contribution in [-0.4, -0.2) is 61.4 Å². The van der Waals surface area contributed by atoms with Crippen molar-refractivity contribution in [3.05, 3.63) is 12.7 Å². The highest BCUT2D eigenvalue weighted by Crippen LogP contribution is 2.01. The minimum Gasteiger partial charge on any atom is -0.480 e. The fourth-order valence-corrected chi connectivity index (χ4v) is 1.29. The van der Waals surface area contributed by atoms with E-state index in [1.165, 1.54) is 12.0 Å². The largest absolute Gasteiger partial charge is 0.480 e. The summed E-state index contributed by atoms with van der Waals surface area (Å²) in [5.74, 6) is -1.41. The van der Waals surface area contributed by atoms with Crippen molar-refractivity contribution in [3.8, 4) is 0 Å². The van der Waals surface area contributed by atoms with Crippen molar-refractivity contribution >= 4 is 11.9 Å². The summed E-state index contributed by atoms with van der Waals surface area (Å²) >= 11 is 0. The van der Waals surface area contributed by atoms with E-state index in [1.54, 1.807) is 13.0 Å². The van der Waals surface area contributed by atoms with Crippen LogP contribution in [-0.2, 0) is 19.1 Å². The van der Waals surface area contributed by atoms with E-state index >= 15 is 0 Å². The summed E-state index contributed by atoms with van der Waals surface area (Å²) in [7, 11) is 1.49. The van der Waals surface area contributed by atoms with Gasteiger partial charge >= 0.3 is 5.97 Å². The lowest BCUT2D eigenvalue weighted by molar-refractivity contribution is -0.150. The van der Waals surface area contributed by atoms with Gasteiger partial charge in [0.25, 0.3) is 5.91 Å². The average Bonchev–Trinajstić information content (AvgIpc) is 2.33. The Morgan fingerprint density at radius 2 is 2.11 bits per heavy atom. The Balaban J connectivity index is 4.32. The molecule has 0 spiro atoms. The smallest absolute Gasteiger partial charge is 0.323 e. The zero-order valence-corrected chi connectivity index (χ0v) is 10.9. The third kappa shape index (κ3) is 7.03. The van der Waals surface area contributed by atoms with Gasteiger partial charge in [-0.1, -0.05) is 6.08 Å². The molecule has 0 aliphatic rings. The van der Waals surface area contributed by atoms with Crippen LogP contribution in [0.3, 0.4) is 0 Å². The molecule has 104 valence electrons. The van der Waals surface area contributed by atoms with Gasteiger partial charge in [-0.05, 0) is 13.3 Å². The molecule has 1 atom stereocenters. The molecule has 0 radical (unpaired) electrons. The highest BCUT2D eigenvalue weighted by Gasteiger charge is 2.22. The van der Waals surface area contributed by atoms with Crippen LogP contribution in [0, 0.1) is 0 Å². The molecule has 0 heterocycles. The van der Waals surface area contributed by atoms with Gasteiger partial charge in [0.1, 0.15) is 12.6 Å². The fraction of sp³-hybridized carbons (Fsp3) is 0.667. The number of carbonyl (C=O) groups is 2. The number of carbonyl (C=O) groups excluding carboxylic acids is 1. The van der Waals surface area contributed by atoms with E-state index in [1.807, 2.05) is 0 Å². The molecule has 0 aromatic heterocycles. The van der Waals surface area contributed by atoms with E-state index < -0.39 is 12.1 Å². The summed E-state index contributed by atoms with van der Waals surface area (Å²) in [5, 5.41) is 8.74. The van der Waals surface area contributed by atoms with E-state index in [4.69, 9.17) is 14.6 Å². The maximum atomic E-state index is 11.9. The monoisotopic (exact) mass is 259 g/mol. The summed E-state index contributed by atoms with van der Waals surface area (Å²) in [5.41, 5.74) is 0. The lowest BCUT2D eigenvalue weighted by Gasteiger charge is -2.23. The summed E-state index contributed by atoms with van der Waals surface area (Å²) in [6.07, 6.45) is 1.67. The van der Waals surface area contributed by atoms with Crippen LogP contribution in [0.4, 0.5) is 0 Å². The molecule has 1 amide bonds. The lowest BCUT2D eigenvalue weighted by atomic mass is 10.3.